The van der Waals surface area contributed by atoms with Gasteiger partial charge in [0.2, 0.25) is 0 Å². The molecule has 0 aromatic heterocycles. The van der Waals surface area contributed by atoms with Gasteiger partial charge in [0, 0.05) is 11.5 Å². The maximum absolute atomic E-state index is 12.0. The number of fused-ring (bicyclic) bond motifs is 1. The largest absolute Gasteiger partial charge is 0.486 e. The molecule has 3 nitrogen and oxygen atoms in total. The fourth-order valence-electron chi connectivity index (χ4n) is 3.52. The standard InChI is InChI=1S/C24H28O3/c1-16(2)23(25)27-24(4,5)20-12-10-17(3)22(15-20)26-21-13-11-18-8-6-7-9-19(18)14-21/h6-11,13-14,20,22H,1,12,15H2,2-5H3. The summed E-state index contributed by atoms with van der Waals surface area (Å²) in [7, 11) is 0. The van der Waals surface area contributed by atoms with Crippen LogP contribution in [0.1, 0.15) is 40.5 Å². The Hall–Kier alpha value is -2.55. The van der Waals surface area contributed by atoms with Crippen LogP contribution in [-0.4, -0.2) is 17.7 Å². The molecule has 27 heavy (non-hydrogen) atoms. The van der Waals surface area contributed by atoms with E-state index in [0.29, 0.717) is 5.57 Å². The summed E-state index contributed by atoms with van der Waals surface area (Å²) < 4.78 is 12.0. The summed E-state index contributed by atoms with van der Waals surface area (Å²) in [4.78, 5) is 12.0. The number of carbonyl (C=O) groups is 1. The number of hydrogen-bond acceptors (Lipinski definition) is 3. The highest BCUT2D eigenvalue weighted by Crippen LogP contribution is 2.36. The Labute approximate surface area is 161 Å². The van der Waals surface area contributed by atoms with Crippen LogP contribution in [0.15, 0.2) is 66.3 Å². The summed E-state index contributed by atoms with van der Waals surface area (Å²) in [5.74, 6) is 0.720. The average Bonchev–Trinajstić information content (AvgIpc) is 2.63. The molecule has 0 spiro atoms. The van der Waals surface area contributed by atoms with E-state index in [-0.39, 0.29) is 18.0 Å². The molecule has 2 unspecified atom stereocenters. The topological polar surface area (TPSA) is 35.5 Å². The first-order chi connectivity index (χ1) is 12.8. The van der Waals surface area contributed by atoms with Crippen LogP contribution in [0, 0.1) is 5.92 Å². The van der Waals surface area contributed by atoms with Gasteiger partial charge in [0.05, 0.1) is 0 Å². The van der Waals surface area contributed by atoms with Crippen molar-refractivity contribution in [1.82, 2.24) is 0 Å². The minimum absolute atomic E-state index is 0.0206. The molecule has 0 radical (unpaired) electrons. The molecule has 0 saturated heterocycles. The van der Waals surface area contributed by atoms with Crippen molar-refractivity contribution in [2.24, 2.45) is 5.92 Å². The lowest BCUT2D eigenvalue weighted by Crippen LogP contribution is -2.41. The summed E-state index contributed by atoms with van der Waals surface area (Å²) in [5.41, 5.74) is 1.08. The number of esters is 1. The third kappa shape index (κ3) is 4.41. The average molecular weight is 364 g/mol. The molecule has 0 bridgehead atoms. The molecule has 2 aromatic rings. The maximum Gasteiger partial charge on any atom is 0.333 e. The molecular formula is C24H28O3. The van der Waals surface area contributed by atoms with E-state index in [0.717, 1.165) is 18.6 Å². The number of carbonyl (C=O) groups excluding carboxylic acids is 1. The molecule has 2 atom stereocenters. The lowest BCUT2D eigenvalue weighted by molar-refractivity contribution is -0.157. The summed E-state index contributed by atoms with van der Waals surface area (Å²) in [6, 6.07) is 14.4. The highest BCUT2D eigenvalue weighted by atomic mass is 16.6. The summed E-state index contributed by atoms with van der Waals surface area (Å²) >= 11 is 0. The molecule has 3 rings (SSSR count). The minimum atomic E-state index is -0.571. The zero-order valence-electron chi connectivity index (χ0n) is 16.6. The van der Waals surface area contributed by atoms with E-state index in [1.54, 1.807) is 6.92 Å². The van der Waals surface area contributed by atoms with Crippen molar-refractivity contribution in [3.8, 4) is 5.75 Å². The quantitative estimate of drug-likeness (QED) is 0.380. The minimum Gasteiger partial charge on any atom is -0.486 e. The predicted molar refractivity (Wildman–Crippen MR) is 110 cm³/mol. The first-order valence-electron chi connectivity index (χ1n) is 9.47. The number of ether oxygens (including phenoxy) is 2. The van der Waals surface area contributed by atoms with Crippen LogP contribution in [0.25, 0.3) is 10.8 Å². The van der Waals surface area contributed by atoms with Gasteiger partial charge in [-0.1, -0.05) is 43.0 Å². The van der Waals surface area contributed by atoms with Crippen LogP contribution in [0.4, 0.5) is 0 Å². The van der Waals surface area contributed by atoms with Crippen LogP contribution < -0.4 is 4.74 Å². The monoisotopic (exact) mass is 364 g/mol. The van der Waals surface area contributed by atoms with Crippen LogP contribution >= 0.6 is 0 Å². The van der Waals surface area contributed by atoms with Crippen molar-refractivity contribution in [2.75, 3.05) is 0 Å². The maximum atomic E-state index is 12.0. The molecule has 3 heteroatoms. The van der Waals surface area contributed by atoms with Gasteiger partial charge in [0.25, 0.3) is 0 Å². The van der Waals surface area contributed by atoms with Crippen molar-refractivity contribution in [3.63, 3.8) is 0 Å². The van der Waals surface area contributed by atoms with Crippen molar-refractivity contribution in [3.05, 3.63) is 66.3 Å². The molecule has 0 saturated carbocycles. The predicted octanol–water partition coefficient (Wildman–Crippen LogP) is 5.84. The third-order valence-corrected chi connectivity index (χ3v) is 5.42. The summed E-state index contributed by atoms with van der Waals surface area (Å²) in [6.45, 7) is 11.4. The molecule has 142 valence electrons. The Morgan fingerprint density at radius 3 is 2.56 bits per heavy atom. The zero-order valence-corrected chi connectivity index (χ0v) is 16.6. The van der Waals surface area contributed by atoms with Gasteiger partial charge in [-0.05, 0) is 69.0 Å². The Morgan fingerprint density at radius 1 is 1.15 bits per heavy atom. The number of hydrogen-bond donors (Lipinski definition) is 0. The van der Waals surface area contributed by atoms with Gasteiger partial charge >= 0.3 is 5.97 Å². The van der Waals surface area contributed by atoms with E-state index in [1.165, 1.54) is 16.3 Å². The molecule has 2 aromatic carbocycles. The van der Waals surface area contributed by atoms with E-state index >= 15 is 0 Å². The molecule has 1 aliphatic rings. The summed E-state index contributed by atoms with van der Waals surface area (Å²) in [6.07, 6.45) is 3.87. The highest BCUT2D eigenvalue weighted by molar-refractivity contribution is 5.87. The van der Waals surface area contributed by atoms with E-state index in [4.69, 9.17) is 9.47 Å². The van der Waals surface area contributed by atoms with Crippen molar-refractivity contribution >= 4 is 16.7 Å². The second kappa shape index (κ2) is 7.59. The van der Waals surface area contributed by atoms with Gasteiger partial charge in [-0.15, -0.1) is 0 Å². The van der Waals surface area contributed by atoms with E-state index in [2.05, 4.69) is 43.8 Å². The first kappa shape index (κ1) is 19.2. The fraction of sp³-hybridized carbons (Fsp3) is 0.375. The molecule has 0 fully saturated rings. The Kier molecular flexibility index (Phi) is 5.41. The molecule has 1 aliphatic carbocycles. The Bertz CT molecular complexity index is 891. The van der Waals surface area contributed by atoms with Crippen molar-refractivity contribution in [2.45, 2.75) is 52.2 Å². The molecular weight excluding hydrogens is 336 g/mol. The second-order valence-corrected chi connectivity index (χ2v) is 8.01. The highest BCUT2D eigenvalue weighted by Gasteiger charge is 2.37. The van der Waals surface area contributed by atoms with Crippen molar-refractivity contribution in [1.29, 1.82) is 0 Å². The van der Waals surface area contributed by atoms with Gasteiger partial charge in [-0.25, -0.2) is 4.79 Å². The normalized spacial score (nSPS) is 20.1. The van der Waals surface area contributed by atoms with E-state index in [1.807, 2.05) is 32.0 Å². The second-order valence-electron chi connectivity index (χ2n) is 8.01. The SMILES string of the molecule is C=C(C)C(=O)OC(C)(C)C1CC=C(C)C(Oc2ccc3ccccc3c2)C1. The molecule has 0 N–H and O–H groups in total. The molecule has 0 heterocycles. The fourth-order valence-corrected chi connectivity index (χ4v) is 3.52. The summed E-state index contributed by atoms with van der Waals surface area (Å²) in [5, 5.41) is 2.37. The van der Waals surface area contributed by atoms with Gasteiger partial charge in [-0.2, -0.15) is 0 Å². The van der Waals surface area contributed by atoms with Crippen LogP contribution in [0.3, 0.4) is 0 Å². The number of benzene rings is 2. The number of rotatable bonds is 5. The van der Waals surface area contributed by atoms with Crippen molar-refractivity contribution < 1.29 is 14.3 Å². The van der Waals surface area contributed by atoms with Gasteiger partial charge < -0.3 is 9.47 Å². The van der Waals surface area contributed by atoms with Gasteiger partial charge in [-0.3, -0.25) is 0 Å². The first-order valence-corrected chi connectivity index (χ1v) is 9.47. The van der Waals surface area contributed by atoms with Crippen LogP contribution in [0.2, 0.25) is 0 Å². The third-order valence-electron chi connectivity index (χ3n) is 5.42. The number of allylic oxidation sites excluding steroid dienone is 1. The lowest BCUT2D eigenvalue weighted by atomic mass is 9.78. The lowest BCUT2D eigenvalue weighted by Gasteiger charge is -2.38. The Balaban J connectivity index is 1.75. The van der Waals surface area contributed by atoms with E-state index in [9.17, 15) is 4.79 Å². The van der Waals surface area contributed by atoms with Gasteiger partial charge in [0.15, 0.2) is 0 Å². The Morgan fingerprint density at radius 2 is 1.85 bits per heavy atom. The van der Waals surface area contributed by atoms with Crippen LogP contribution in [0.5, 0.6) is 5.75 Å². The van der Waals surface area contributed by atoms with E-state index < -0.39 is 5.60 Å². The van der Waals surface area contributed by atoms with Crippen LogP contribution in [-0.2, 0) is 9.53 Å². The van der Waals surface area contributed by atoms with Gasteiger partial charge in [0.1, 0.15) is 17.5 Å². The smallest absolute Gasteiger partial charge is 0.333 e. The zero-order chi connectivity index (χ0) is 19.6. The molecule has 0 aliphatic heterocycles. The molecule has 0 amide bonds.